The molecule has 102 valence electrons. The molecule has 0 fully saturated rings. The third kappa shape index (κ3) is 4.01. The van der Waals surface area contributed by atoms with Crippen LogP contribution in [0.4, 0.5) is 5.69 Å². The SMILES string of the molecule is COc1ccc(C[N+](C)(C)c2ccccc2C)cc1.[Sb+3]. The molecule has 0 saturated heterocycles. The Morgan fingerprint density at radius 2 is 1.55 bits per heavy atom. The van der Waals surface area contributed by atoms with Crippen molar-refractivity contribution in [2.75, 3.05) is 21.2 Å². The van der Waals surface area contributed by atoms with Crippen LogP contribution in [-0.2, 0) is 6.54 Å². The summed E-state index contributed by atoms with van der Waals surface area (Å²) in [6.07, 6.45) is 0. The van der Waals surface area contributed by atoms with Gasteiger partial charge in [0.1, 0.15) is 18.0 Å². The van der Waals surface area contributed by atoms with Crippen LogP contribution in [0.25, 0.3) is 0 Å². The van der Waals surface area contributed by atoms with Gasteiger partial charge < -0.3 is 4.74 Å². The van der Waals surface area contributed by atoms with Gasteiger partial charge in [0.25, 0.3) is 0 Å². The molecule has 0 spiro atoms. The predicted octanol–water partition coefficient (Wildman–Crippen LogP) is 3.39. The summed E-state index contributed by atoms with van der Waals surface area (Å²) in [6.45, 7) is 3.14. The van der Waals surface area contributed by atoms with Gasteiger partial charge in [0.2, 0.25) is 0 Å². The predicted molar refractivity (Wildman–Crippen MR) is 87.3 cm³/mol. The van der Waals surface area contributed by atoms with Crippen molar-refractivity contribution in [2.24, 2.45) is 0 Å². The molecule has 0 amide bonds. The minimum Gasteiger partial charge on any atom is -0.497 e. The molecule has 3 heteroatoms. The van der Waals surface area contributed by atoms with E-state index in [0.717, 1.165) is 16.8 Å². The first-order valence-corrected chi connectivity index (χ1v) is 6.55. The number of methoxy groups -OCH3 is 1. The van der Waals surface area contributed by atoms with Crippen molar-refractivity contribution in [1.82, 2.24) is 4.48 Å². The standard InChI is InChI=1S/C17H22NO.Sb/c1-14-7-5-6-8-17(14)18(2,3)13-15-9-11-16(19-4)12-10-15;/h5-12H,13H2,1-4H3;/q+1;+3. The second-order valence-corrected chi connectivity index (χ2v) is 5.48. The molecule has 2 rings (SSSR count). The minimum absolute atomic E-state index is 0. The zero-order valence-electron chi connectivity index (χ0n) is 12.6. The minimum atomic E-state index is 0. The summed E-state index contributed by atoms with van der Waals surface area (Å²) in [5.74, 6) is 0.907. The van der Waals surface area contributed by atoms with Crippen LogP contribution in [0, 0.1) is 6.92 Å². The largest absolute Gasteiger partial charge is 3.00 e. The number of nitrogens with zero attached hydrogens (tertiary/aromatic N) is 1. The smallest absolute Gasteiger partial charge is 0.497 e. The number of benzene rings is 2. The van der Waals surface area contributed by atoms with Gasteiger partial charge in [-0.1, -0.05) is 18.2 Å². The second kappa shape index (κ2) is 7.15. The quantitative estimate of drug-likeness (QED) is 0.586. The molecule has 0 bridgehead atoms. The number of aryl methyl sites for hydroxylation is 1. The van der Waals surface area contributed by atoms with Gasteiger partial charge in [0.15, 0.2) is 0 Å². The summed E-state index contributed by atoms with van der Waals surface area (Å²) in [6, 6.07) is 16.9. The van der Waals surface area contributed by atoms with Gasteiger partial charge in [0, 0.05) is 11.1 Å². The Bertz CT molecular complexity index is 549. The Morgan fingerprint density at radius 3 is 2.10 bits per heavy atom. The van der Waals surface area contributed by atoms with Crippen LogP contribution < -0.4 is 9.22 Å². The van der Waals surface area contributed by atoms with Gasteiger partial charge in [-0.2, -0.15) is 0 Å². The van der Waals surface area contributed by atoms with Gasteiger partial charge in [-0.05, 0) is 37.3 Å². The number of hydrogen-bond acceptors (Lipinski definition) is 1. The summed E-state index contributed by atoms with van der Waals surface area (Å²) in [5.41, 5.74) is 4.01. The van der Waals surface area contributed by atoms with E-state index in [0.29, 0.717) is 0 Å². The Balaban J connectivity index is 0.00000200. The first-order valence-electron chi connectivity index (χ1n) is 6.55. The van der Waals surface area contributed by atoms with Crippen LogP contribution in [0.2, 0.25) is 0 Å². The summed E-state index contributed by atoms with van der Waals surface area (Å²) in [4.78, 5) is 0. The van der Waals surface area contributed by atoms with Crippen molar-refractivity contribution < 1.29 is 4.74 Å². The molecule has 2 nitrogen and oxygen atoms in total. The first kappa shape index (κ1) is 17.1. The molecule has 0 saturated carbocycles. The molecule has 20 heavy (non-hydrogen) atoms. The molecule has 2 aromatic rings. The van der Waals surface area contributed by atoms with Crippen LogP contribution in [0.5, 0.6) is 5.75 Å². The van der Waals surface area contributed by atoms with E-state index in [1.165, 1.54) is 16.8 Å². The average molecular weight is 378 g/mol. The molecule has 0 aliphatic rings. The number of ether oxygens (including phenoxy) is 1. The van der Waals surface area contributed by atoms with Gasteiger partial charge in [-0.3, -0.25) is 4.48 Å². The molecule has 0 unspecified atom stereocenters. The van der Waals surface area contributed by atoms with E-state index in [4.69, 9.17) is 4.74 Å². The molecule has 0 N–H and O–H groups in total. The van der Waals surface area contributed by atoms with Crippen LogP contribution in [0.3, 0.4) is 0 Å². The number of rotatable bonds is 4. The Labute approximate surface area is 139 Å². The monoisotopic (exact) mass is 377 g/mol. The molecule has 2 aromatic carbocycles. The summed E-state index contributed by atoms with van der Waals surface area (Å²) < 4.78 is 6.04. The van der Waals surface area contributed by atoms with E-state index >= 15 is 0 Å². The molecule has 0 aromatic heterocycles. The van der Waals surface area contributed by atoms with Crippen molar-refractivity contribution in [1.29, 1.82) is 0 Å². The first-order chi connectivity index (χ1) is 9.03. The Morgan fingerprint density at radius 1 is 0.950 bits per heavy atom. The van der Waals surface area contributed by atoms with Crippen molar-refractivity contribution >= 4 is 30.1 Å². The zero-order chi connectivity index (χ0) is 13.9. The molecular weight excluding hydrogens is 356 g/mol. The average Bonchev–Trinajstić information content (AvgIpc) is 2.39. The normalized spacial score (nSPS) is 10.8. The Kier molecular flexibility index (Phi) is 6.10. The van der Waals surface area contributed by atoms with Gasteiger partial charge in [-0.15, -0.1) is 0 Å². The second-order valence-electron chi connectivity index (χ2n) is 5.48. The molecule has 0 heterocycles. The van der Waals surface area contributed by atoms with Gasteiger partial charge >= 0.3 is 24.4 Å². The van der Waals surface area contributed by atoms with E-state index < -0.39 is 0 Å². The van der Waals surface area contributed by atoms with Crippen LogP contribution in [-0.4, -0.2) is 45.6 Å². The molecule has 0 aliphatic carbocycles. The summed E-state index contributed by atoms with van der Waals surface area (Å²) in [7, 11) is 6.18. The number of hydrogen-bond donors (Lipinski definition) is 0. The zero-order valence-corrected chi connectivity index (χ0v) is 15.2. The van der Waals surface area contributed by atoms with Crippen molar-refractivity contribution in [3.63, 3.8) is 0 Å². The molecule has 0 aliphatic heterocycles. The molecular formula is C17H22NOSb+4. The third-order valence-corrected chi connectivity index (χ3v) is 3.50. The fourth-order valence-corrected chi connectivity index (χ4v) is 2.52. The van der Waals surface area contributed by atoms with E-state index in [2.05, 4.69) is 57.4 Å². The maximum Gasteiger partial charge on any atom is 3.00 e. The fourth-order valence-electron chi connectivity index (χ4n) is 2.52. The van der Waals surface area contributed by atoms with Crippen molar-refractivity contribution in [3.8, 4) is 5.75 Å². The summed E-state index contributed by atoms with van der Waals surface area (Å²) >= 11 is 0. The van der Waals surface area contributed by atoms with Crippen molar-refractivity contribution in [3.05, 3.63) is 59.7 Å². The molecule has 0 atom stereocenters. The van der Waals surface area contributed by atoms with Gasteiger partial charge in [-0.25, -0.2) is 0 Å². The third-order valence-electron chi connectivity index (χ3n) is 3.50. The maximum absolute atomic E-state index is 5.20. The number of para-hydroxylation sites is 1. The van der Waals surface area contributed by atoms with Crippen LogP contribution >= 0.6 is 0 Å². The van der Waals surface area contributed by atoms with E-state index in [9.17, 15) is 0 Å². The Hall–Kier alpha value is -0.982. The van der Waals surface area contributed by atoms with E-state index in [-0.39, 0.29) is 24.4 Å². The van der Waals surface area contributed by atoms with Gasteiger partial charge in [0.05, 0.1) is 21.2 Å². The number of quaternary nitrogens is 1. The fraction of sp³-hybridized carbons (Fsp3) is 0.294. The maximum atomic E-state index is 5.20. The van der Waals surface area contributed by atoms with E-state index in [1.807, 2.05) is 12.1 Å². The van der Waals surface area contributed by atoms with E-state index in [1.54, 1.807) is 7.11 Å². The van der Waals surface area contributed by atoms with Crippen LogP contribution in [0.15, 0.2) is 48.5 Å². The van der Waals surface area contributed by atoms with Crippen LogP contribution in [0.1, 0.15) is 11.1 Å². The topological polar surface area (TPSA) is 9.23 Å². The van der Waals surface area contributed by atoms with Crippen molar-refractivity contribution in [2.45, 2.75) is 13.5 Å². The molecule has 2 radical (unpaired) electrons. The summed E-state index contributed by atoms with van der Waals surface area (Å²) in [5, 5.41) is 0.